The largest absolute Gasteiger partial charge is 0.349 e. The molecule has 0 radical (unpaired) electrons. The van der Waals surface area contributed by atoms with Crippen LogP contribution < -0.4 is 16.6 Å². The molecule has 1 atom stereocenters. The van der Waals surface area contributed by atoms with Gasteiger partial charge in [-0.05, 0) is 31.7 Å². The van der Waals surface area contributed by atoms with Gasteiger partial charge in [0.25, 0.3) is 5.91 Å². The molecular formula is C12H18N4O. The number of carbonyl (C=O) groups excluding carboxylic acids is 1. The SMILES string of the molecule is CC(NC(=O)c1cnccc1NN)C1CCC1. The molecular weight excluding hydrogens is 216 g/mol. The number of pyridine rings is 1. The molecule has 1 fully saturated rings. The normalized spacial score (nSPS) is 17.1. The number of nitrogens with zero attached hydrogens (tertiary/aromatic N) is 1. The number of nitrogens with two attached hydrogens (primary N) is 1. The summed E-state index contributed by atoms with van der Waals surface area (Å²) in [6, 6.07) is 1.89. The molecule has 4 N–H and O–H groups in total. The van der Waals surface area contributed by atoms with Crippen molar-refractivity contribution in [1.82, 2.24) is 10.3 Å². The van der Waals surface area contributed by atoms with E-state index in [0.29, 0.717) is 17.2 Å². The summed E-state index contributed by atoms with van der Waals surface area (Å²) in [5.74, 6) is 5.85. The molecule has 0 bridgehead atoms. The maximum absolute atomic E-state index is 12.0. The molecule has 0 aromatic carbocycles. The number of nitrogen functional groups attached to an aromatic ring is 1. The molecule has 92 valence electrons. The van der Waals surface area contributed by atoms with E-state index in [9.17, 15) is 4.79 Å². The predicted molar refractivity (Wildman–Crippen MR) is 66.3 cm³/mol. The summed E-state index contributed by atoms with van der Waals surface area (Å²) in [4.78, 5) is 16.0. The van der Waals surface area contributed by atoms with Crippen LogP contribution in [0.5, 0.6) is 0 Å². The quantitative estimate of drug-likeness (QED) is 0.541. The minimum Gasteiger partial charge on any atom is -0.349 e. The summed E-state index contributed by atoms with van der Waals surface area (Å²) in [6.07, 6.45) is 6.81. The van der Waals surface area contributed by atoms with Crippen molar-refractivity contribution in [2.24, 2.45) is 11.8 Å². The Bertz CT molecular complexity index is 403. The van der Waals surface area contributed by atoms with Crippen LogP contribution in [-0.2, 0) is 0 Å². The van der Waals surface area contributed by atoms with Gasteiger partial charge in [0.05, 0.1) is 11.3 Å². The monoisotopic (exact) mass is 234 g/mol. The predicted octanol–water partition coefficient (Wildman–Crippen LogP) is 1.29. The van der Waals surface area contributed by atoms with E-state index in [2.05, 4.69) is 15.7 Å². The van der Waals surface area contributed by atoms with Gasteiger partial charge in [0.1, 0.15) is 0 Å². The second kappa shape index (κ2) is 5.14. The lowest BCUT2D eigenvalue weighted by atomic mass is 9.80. The first-order valence-electron chi connectivity index (χ1n) is 5.94. The Hall–Kier alpha value is -1.62. The van der Waals surface area contributed by atoms with E-state index in [4.69, 9.17) is 5.84 Å². The Morgan fingerprint density at radius 1 is 1.59 bits per heavy atom. The minimum atomic E-state index is -0.120. The average Bonchev–Trinajstić information content (AvgIpc) is 2.26. The van der Waals surface area contributed by atoms with E-state index >= 15 is 0 Å². The van der Waals surface area contributed by atoms with E-state index < -0.39 is 0 Å². The molecule has 1 aliphatic carbocycles. The van der Waals surface area contributed by atoms with Crippen LogP contribution in [0.1, 0.15) is 36.5 Å². The topological polar surface area (TPSA) is 80.0 Å². The molecule has 1 aromatic rings. The molecule has 1 amide bonds. The highest BCUT2D eigenvalue weighted by molar-refractivity contribution is 5.99. The number of hydrazine groups is 1. The summed E-state index contributed by atoms with van der Waals surface area (Å²) < 4.78 is 0. The highest BCUT2D eigenvalue weighted by atomic mass is 16.1. The Balaban J connectivity index is 2.03. The van der Waals surface area contributed by atoms with Crippen molar-refractivity contribution in [3.63, 3.8) is 0 Å². The zero-order valence-electron chi connectivity index (χ0n) is 9.94. The lowest BCUT2D eigenvalue weighted by Gasteiger charge is -2.31. The molecule has 5 nitrogen and oxygen atoms in total. The van der Waals surface area contributed by atoms with Crippen molar-refractivity contribution < 1.29 is 4.79 Å². The third-order valence-electron chi connectivity index (χ3n) is 3.44. The van der Waals surface area contributed by atoms with Crippen LogP contribution in [0.4, 0.5) is 5.69 Å². The van der Waals surface area contributed by atoms with Gasteiger partial charge in [-0.1, -0.05) is 6.42 Å². The second-order valence-corrected chi connectivity index (χ2v) is 4.52. The molecule has 2 rings (SSSR count). The number of rotatable bonds is 4. The summed E-state index contributed by atoms with van der Waals surface area (Å²) in [5.41, 5.74) is 3.59. The maximum Gasteiger partial charge on any atom is 0.255 e. The highest BCUT2D eigenvalue weighted by Crippen LogP contribution is 2.29. The van der Waals surface area contributed by atoms with Crippen LogP contribution in [-0.4, -0.2) is 16.9 Å². The fraction of sp³-hybridized carbons (Fsp3) is 0.500. The lowest BCUT2D eigenvalue weighted by Crippen LogP contribution is -2.41. The Morgan fingerprint density at radius 3 is 2.94 bits per heavy atom. The van der Waals surface area contributed by atoms with Crippen LogP contribution in [0.25, 0.3) is 0 Å². The summed E-state index contributed by atoms with van der Waals surface area (Å²) in [7, 11) is 0. The zero-order valence-corrected chi connectivity index (χ0v) is 9.94. The summed E-state index contributed by atoms with van der Waals surface area (Å²) in [6.45, 7) is 2.05. The van der Waals surface area contributed by atoms with Gasteiger partial charge in [0.15, 0.2) is 0 Å². The Labute approximate surface area is 101 Å². The van der Waals surface area contributed by atoms with Crippen molar-refractivity contribution in [2.75, 3.05) is 5.43 Å². The molecule has 1 aromatic heterocycles. The van der Waals surface area contributed by atoms with Gasteiger partial charge in [-0.25, -0.2) is 0 Å². The standard InChI is InChI=1S/C12H18N4O/c1-8(9-3-2-4-9)15-12(17)10-7-14-6-5-11(10)16-13/h5-9H,2-4,13H2,1H3,(H,14,16)(H,15,17). The van der Waals surface area contributed by atoms with Gasteiger partial charge in [0.2, 0.25) is 0 Å². The summed E-state index contributed by atoms with van der Waals surface area (Å²) >= 11 is 0. The Kier molecular flexibility index (Phi) is 3.58. The van der Waals surface area contributed by atoms with Crippen LogP contribution in [0.3, 0.4) is 0 Å². The number of carbonyl (C=O) groups is 1. The third-order valence-corrected chi connectivity index (χ3v) is 3.44. The van der Waals surface area contributed by atoms with E-state index in [-0.39, 0.29) is 11.9 Å². The number of amides is 1. The van der Waals surface area contributed by atoms with Crippen molar-refractivity contribution >= 4 is 11.6 Å². The number of hydrogen-bond acceptors (Lipinski definition) is 4. The van der Waals surface area contributed by atoms with Crippen LogP contribution in [0, 0.1) is 5.92 Å². The number of aromatic nitrogens is 1. The van der Waals surface area contributed by atoms with E-state index in [1.54, 1.807) is 12.3 Å². The van der Waals surface area contributed by atoms with Crippen molar-refractivity contribution in [1.29, 1.82) is 0 Å². The van der Waals surface area contributed by atoms with Gasteiger partial charge < -0.3 is 10.7 Å². The van der Waals surface area contributed by atoms with Crippen molar-refractivity contribution in [3.05, 3.63) is 24.0 Å². The third kappa shape index (κ3) is 2.55. The zero-order chi connectivity index (χ0) is 12.3. The van der Waals surface area contributed by atoms with Gasteiger partial charge >= 0.3 is 0 Å². The number of anilines is 1. The van der Waals surface area contributed by atoms with E-state index in [0.717, 1.165) is 0 Å². The number of hydrogen-bond donors (Lipinski definition) is 3. The Morgan fingerprint density at radius 2 is 2.35 bits per heavy atom. The molecule has 0 aliphatic heterocycles. The first kappa shape index (κ1) is 11.9. The van der Waals surface area contributed by atoms with Gasteiger partial charge in [0, 0.05) is 18.4 Å². The van der Waals surface area contributed by atoms with Crippen LogP contribution >= 0.6 is 0 Å². The van der Waals surface area contributed by atoms with Crippen LogP contribution in [0.2, 0.25) is 0 Å². The minimum absolute atomic E-state index is 0.120. The molecule has 5 heteroatoms. The van der Waals surface area contributed by atoms with E-state index in [1.807, 2.05) is 6.92 Å². The maximum atomic E-state index is 12.0. The van der Waals surface area contributed by atoms with Crippen molar-refractivity contribution in [2.45, 2.75) is 32.2 Å². The molecule has 0 spiro atoms. The average molecular weight is 234 g/mol. The van der Waals surface area contributed by atoms with E-state index in [1.165, 1.54) is 25.5 Å². The lowest BCUT2D eigenvalue weighted by molar-refractivity contribution is 0.0909. The second-order valence-electron chi connectivity index (χ2n) is 4.52. The fourth-order valence-electron chi connectivity index (χ4n) is 2.04. The smallest absolute Gasteiger partial charge is 0.255 e. The molecule has 1 aliphatic rings. The molecule has 1 saturated carbocycles. The molecule has 1 heterocycles. The number of nitrogens with one attached hydrogen (secondary N) is 2. The van der Waals surface area contributed by atoms with Crippen molar-refractivity contribution in [3.8, 4) is 0 Å². The van der Waals surface area contributed by atoms with Gasteiger partial charge in [-0.2, -0.15) is 0 Å². The molecule has 17 heavy (non-hydrogen) atoms. The molecule has 1 unspecified atom stereocenters. The first-order valence-corrected chi connectivity index (χ1v) is 5.94. The summed E-state index contributed by atoms with van der Waals surface area (Å²) in [5, 5.41) is 3.00. The highest BCUT2D eigenvalue weighted by Gasteiger charge is 2.25. The van der Waals surface area contributed by atoms with Gasteiger partial charge in [-0.15, -0.1) is 0 Å². The first-order chi connectivity index (χ1) is 8.22. The fourth-order valence-corrected chi connectivity index (χ4v) is 2.04. The van der Waals surface area contributed by atoms with Gasteiger partial charge in [-0.3, -0.25) is 15.6 Å². The molecule has 0 saturated heterocycles. The van der Waals surface area contributed by atoms with Crippen LogP contribution in [0.15, 0.2) is 18.5 Å².